The molecule has 2 amide bonds. The van der Waals surface area contributed by atoms with Crippen molar-refractivity contribution in [2.75, 3.05) is 42.1 Å². The van der Waals surface area contributed by atoms with Crippen LogP contribution in [0.4, 0.5) is 11.4 Å². The van der Waals surface area contributed by atoms with E-state index in [1.54, 1.807) is 11.3 Å². The quantitative estimate of drug-likeness (QED) is 0.241. The van der Waals surface area contributed by atoms with Crippen LogP contribution in [-0.2, 0) is 4.79 Å². The summed E-state index contributed by atoms with van der Waals surface area (Å²) in [7, 11) is 0. The van der Waals surface area contributed by atoms with E-state index in [1.807, 2.05) is 58.8 Å². The van der Waals surface area contributed by atoms with E-state index in [0.717, 1.165) is 44.5 Å². The maximum absolute atomic E-state index is 12.8. The molecule has 0 saturated carbocycles. The van der Waals surface area contributed by atoms with E-state index in [0.29, 0.717) is 24.4 Å². The second kappa shape index (κ2) is 12.1. The number of amides is 2. The number of thioether (sulfide) groups is 1. The van der Waals surface area contributed by atoms with Gasteiger partial charge in [-0.05, 0) is 55.5 Å². The van der Waals surface area contributed by atoms with Crippen LogP contribution in [0.25, 0.3) is 11.3 Å². The highest BCUT2D eigenvalue weighted by atomic mass is 79.9. The van der Waals surface area contributed by atoms with Gasteiger partial charge in [0, 0.05) is 58.5 Å². The van der Waals surface area contributed by atoms with Crippen LogP contribution in [0.2, 0.25) is 0 Å². The number of rotatable bonds is 7. The summed E-state index contributed by atoms with van der Waals surface area (Å²) in [6.07, 6.45) is 0. The van der Waals surface area contributed by atoms with Gasteiger partial charge in [0.2, 0.25) is 5.91 Å². The molecule has 0 aliphatic carbocycles. The average molecular weight is 608 g/mol. The number of benzene rings is 3. The molecule has 1 aliphatic rings. The fourth-order valence-corrected chi connectivity index (χ4v) is 6.10. The smallest absolute Gasteiger partial charge is 0.253 e. The van der Waals surface area contributed by atoms with Crippen LogP contribution in [0, 0.1) is 6.92 Å². The summed E-state index contributed by atoms with van der Waals surface area (Å²) in [6, 6.07) is 23.7. The number of nitrogens with one attached hydrogen (secondary N) is 1. The molecule has 1 saturated heterocycles. The number of hydrogen-bond acceptors (Lipinski definition) is 6. The van der Waals surface area contributed by atoms with Crippen LogP contribution in [0.15, 0.2) is 87.0 Å². The Hall–Kier alpha value is -3.14. The Morgan fingerprint density at radius 2 is 1.63 bits per heavy atom. The maximum atomic E-state index is 12.8. The summed E-state index contributed by atoms with van der Waals surface area (Å²) in [5, 5.41) is 5.00. The molecule has 1 aromatic heterocycles. The molecule has 5 rings (SSSR count). The van der Waals surface area contributed by atoms with Crippen molar-refractivity contribution >= 4 is 62.2 Å². The highest BCUT2D eigenvalue weighted by Crippen LogP contribution is 2.29. The third-order valence-electron chi connectivity index (χ3n) is 6.33. The lowest BCUT2D eigenvalue weighted by Gasteiger charge is -2.36. The van der Waals surface area contributed by atoms with Gasteiger partial charge in [-0.3, -0.25) is 9.59 Å². The summed E-state index contributed by atoms with van der Waals surface area (Å²) in [5.41, 5.74) is 5.80. The molecule has 4 aromatic rings. The van der Waals surface area contributed by atoms with E-state index in [1.165, 1.54) is 17.3 Å². The van der Waals surface area contributed by atoms with Gasteiger partial charge in [0.05, 0.1) is 11.4 Å². The minimum absolute atomic E-state index is 0.0603. The molecule has 9 heteroatoms. The number of thiazole rings is 1. The second-order valence-corrected chi connectivity index (χ2v) is 12.0. The molecule has 1 N–H and O–H groups in total. The van der Waals surface area contributed by atoms with Crippen molar-refractivity contribution in [2.24, 2.45) is 0 Å². The molecule has 2 heterocycles. The molecule has 194 valence electrons. The number of carbonyl (C=O) groups excluding carboxylic acids is 2. The normalized spacial score (nSPS) is 13.4. The summed E-state index contributed by atoms with van der Waals surface area (Å²) in [5.74, 6) is 0.309. The third-order valence-corrected chi connectivity index (χ3v) is 8.88. The number of aryl methyl sites for hydroxylation is 1. The van der Waals surface area contributed by atoms with Gasteiger partial charge in [-0.25, -0.2) is 4.98 Å². The average Bonchev–Trinajstić information content (AvgIpc) is 3.42. The van der Waals surface area contributed by atoms with E-state index in [-0.39, 0.29) is 11.8 Å². The van der Waals surface area contributed by atoms with Crippen LogP contribution in [0.1, 0.15) is 15.9 Å². The van der Waals surface area contributed by atoms with E-state index in [9.17, 15) is 9.59 Å². The van der Waals surface area contributed by atoms with E-state index in [4.69, 9.17) is 0 Å². The van der Waals surface area contributed by atoms with Crippen LogP contribution < -0.4 is 10.2 Å². The fraction of sp³-hybridized carbons (Fsp3) is 0.207. The zero-order chi connectivity index (χ0) is 26.5. The second-order valence-electron chi connectivity index (χ2n) is 9.03. The predicted molar refractivity (Wildman–Crippen MR) is 160 cm³/mol. The van der Waals surface area contributed by atoms with Crippen LogP contribution in [-0.4, -0.2) is 53.6 Å². The molecule has 3 aromatic carbocycles. The molecular formula is C29H27BrN4O2S2. The molecule has 6 nitrogen and oxygen atoms in total. The SMILES string of the molecule is Cc1ccc(-c2csc(SCC(=O)Nc3ccc(N4CCN(C(=O)c5ccc(Br)cc5)CC4)cc3)n2)cc1. The van der Waals surface area contributed by atoms with Crippen LogP contribution in [0.5, 0.6) is 0 Å². The topological polar surface area (TPSA) is 65.5 Å². The van der Waals surface area contributed by atoms with Crippen LogP contribution in [0.3, 0.4) is 0 Å². The third kappa shape index (κ3) is 6.64. The first-order valence-corrected chi connectivity index (χ1v) is 15.0. The fourth-order valence-electron chi connectivity index (χ4n) is 4.20. The van der Waals surface area contributed by atoms with Crippen molar-refractivity contribution < 1.29 is 9.59 Å². The number of aromatic nitrogens is 1. The molecule has 0 atom stereocenters. The zero-order valence-corrected chi connectivity index (χ0v) is 24.1. The Morgan fingerprint density at radius 1 is 0.947 bits per heavy atom. The van der Waals surface area contributed by atoms with Gasteiger partial charge in [0.25, 0.3) is 5.91 Å². The Labute approximate surface area is 239 Å². The zero-order valence-electron chi connectivity index (χ0n) is 20.9. The minimum atomic E-state index is -0.0603. The van der Waals surface area contributed by atoms with Crippen LogP contribution >= 0.6 is 39.0 Å². The lowest BCUT2D eigenvalue weighted by molar-refractivity contribution is -0.113. The Morgan fingerprint density at radius 3 is 2.32 bits per heavy atom. The van der Waals surface area contributed by atoms with Crippen molar-refractivity contribution in [1.29, 1.82) is 0 Å². The van der Waals surface area contributed by atoms with Gasteiger partial charge in [0.1, 0.15) is 0 Å². The summed E-state index contributed by atoms with van der Waals surface area (Å²) in [6.45, 7) is 4.95. The number of nitrogens with zero attached hydrogens (tertiary/aromatic N) is 3. The largest absolute Gasteiger partial charge is 0.368 e. The predicted octanol–water partition coefficient (Wildman–Crippen LogP) is 6.57. The highest BCUT2D eigenvalue weighted by Gasteiger charge is 2.22. The molecule has 0 bridgehead atoms. The molecule has 0 unspecified atom stereocenters. The lowest BCUT2D eigenvalue weighted by Crippen LogP contribution is -2.48. The van der Waals surface area contributed by atoms with Crippen molar-refractivity contribution in [1.82, 2.24) is 9.88 Å². The number of anilines is 2. The maximum Gasteiger partial charge on any atom is 0.253 e. The van der Waals surface area contributed by atoms with Gasteiger partial charge in [-0.1, -0.05) is 57.5 Å². The summed E-state index contributed by atoms with van der Waals surface area (Å²) >= 11 is 6.41. The number of halogens is 1. The Kier molecular flexibility index (Phi) is 8.46. The highest BCUT2D eigenvalue weighted by molar-refractivity contribution is 9.10. The first kappa shape index (κ1) is 26.5. The van der Waals surface area contributed by atoms with E-state index in [2.05, 4.69) is 62.3 Å². The standard InChI is InChI=1S/C29H27BrN4O2S2/c1-20-2-4-21(5-3-20)26-18-37-29(32-26)38-19-27(35)31-24-10-12-25(13-11-24)33-14-16-34(17-15-33)28(36)22-6-8-23(30)9-7-22/h2-13,18H,14-17,19H2,1H3,(H,31,35). The van der Waals surface area contributed by atoms with Crippen molar-refractivity contribution in [3.63, 3.8) is 0 Å². The van der Waals surface area contributed by atoms with E-state index < -0.39 is 0 Å². The van der Waals surface area contributed by atoms with Crippen molar-refractivity contribution in [3.05, 3.63) is 93.8 Å². The molecular weight excluding hydrogens is 580 g/mol. The molecule has 0 spiro atoms. The monoisotopic (exact) mass is 606 g/mol. The summed E-state index contributed by atoms with van der Waals surface area (Å²) < 4.78 is 1.84. The first-order chi connectivity index (χ1) is 18.4. The lowest BCUT2D eigenvalue weighted by atomic mass is 10.1. The van der Waals surface area contributed by atoms with Gasteiger partial charge in [-0.2, -0.15) is 0 Å². The van der Waals surface area contributed by atoms with Crippen molar-refractivity contribution in [2.45, 2.75) is 11.3 Å². The first-order valence-electron chi connectivity index (χ1n) is 12.3. The van der Waals surface area contributed by atoms with Gasteiger partial charge >= 0.3 is 0 Å². The van der Waals surface area contributed by atoms with Gasteiger partial charge in [-0.15, -0.1) is 11.3 Å². The minimum Gasteiger partial charge on any atom is -0.368 e. The molecule has 1 aliphatic heterocycles. The number of piperazine rings is 1. The molecule has 0 radical (unpaired) electrons. The van der Waals surface area contributed by atoms with E-state index >= 15 is 0 Å². The number of carbonyl (C=O) groups is 2. The summed E-state index contributed by atoms with van der Waals surface area (Å²) in [4.78, 5) is 34.1. The van der Waals surface area contributed by atoms with Gasteiger partial charge in [0.15, 0.2) is 4.34 Å². The molecule has 1 fully saturated rings. The number of hydrogen-bond donors (Lipinski definition) is 1. The Balaban J connectivity index is 1.08. The van der Waals surface area contributed by atoms with Crippen molar-refractivity contribution in [3.8, 4) is 11.3 Å². The molecule has 38 heavy (non-hydrogen) atoms. The Bertz CT molecular complexity index is 1400. The van der Waals surface area contributed by atoms with Gasteiger partial charge < -0.3 is 15.1 Å².